The molecular formula is C12H8BrClN4OS. The van der Waals surface area contributed by atoms with Gasteiger partial charge in [0.15, 0.2) is 0 Å². The number of ether oxygens (including phenoxy) is 1. The SMILES string of the molecule is NNc1nc(Oc2ccc(Br)cc2Cl)c2ccsc2n1. The molecule has 3 rings (SSSR count). The summed E-state index contributed by atoms with van der Waals surface area (Å²) in [5.41, 5.74) is 2.42. The Morgan fingerprint density at radius 3 is 2.90 bits per heavy atom. The van der Waals surface area contributed by atoms with E-state index in [0.29, 0.717) is 22.6 Å². The van der Waals surface area contributed by atoms with Crippen molar-refractivity contribution in [3.05, 3.63) is 39.1 Å². The fourth-order valence-electron chi connectivity index (χ4n) is 1.63. The maximum atomic E-state index is 6.14. The molecule has 0 saturated heterocycles. The number of rotatable bonds is 3. The van der Waals surface area contributed by atoms with Crippen molar-refractivity contribution in [2.75, 3.05) is 5.43 Å². The molecule has 1 aromatic carbocycles. The molecule has 5 nitrogen and oxygen atoms in total. The highest BCUT2D eigenvalue weighted by molar-refractivity contribution is 9.10. The summed E-state index contributed by atoms with van der Waals surface area (Å²) in [4.78, 5) is 9.25. The molecule has 0 bridgehead atoms. The molecule has 0 atom stereocenters. The van der Waals surface area contributed by atoms with Crippen LogP contribution >= 0.6 is 38.9 Å². The molecule has 0 amide bonds. The Labute approximate surface area is 131 Å². The Hall–Kier alpha value is -1.41. The van der Waals surface area contributed by atoms with Crippen molar-refractivity contribution < 1.29 is 4.74 Å². The molecule has 0 aliphatic heterocycles. The quantitative estimate of drug-likeness (QED) is 0.533. The number of nitrogens with two attached hydrogens (primary N) is 1. The van der Waals surface area contributed by atoms with E-state index in [-0.39, 0.29) is 0 Å². The van der Waals surface area contributed by atoms with Crippen LogP contribution in [0.3, 0.4) is 0 Å². The Balaban J connectivity index is 2.07. The van der Waals surface area contributed by atoms with Gasteiger partial charge in [-0.25, -0.2) is 10.8 Å². The summed E-state index contributed by atoms with van der Waals surface area (Å²) < 4.78 is 6.66. The van der Waals surface area contributed by atoms with Crippen molar-refractivity contribution in [3.8, 4) is 11.6 Å². The van der Waals surface area contributed by atoms with E-state index < -0.39 is 0 Å². The zero-order chi connectivity index (χ0) is 14.1. The maximum Gasteiger partial charge on any atom is 0.241 e. The average Bonchev–Trinajstić information content (AvgIpc) is 2.90. The number of hydrogen-bond acceptors (Lipinski definition) is 6. The number of thiophene rings is 1. The molecule has 8 heteroatoms. The first-order chi connectivity index (χ1) is 9.67. The number of benzene rings is 1. The fraction of sp³-hybridized carbons (Fsp3) is 0. The number of hydrazine groups is 1. The van der Waals surface area contributed by atoms with Crippen LogP contribution in [0.2, 0.25) is 5.02 Å². The third kappa shape index (κ3) is 2.57. The molecular weight excluding hydrogens is 364 g/mol. The minimum atomic E-state index is 0.295. The zero-order valence-electron chi connectivity index (χ0n) is 9.93. The number of aromatic nitrogens is 2. The number of nitrogen functional groups attached to an aromatic ring is 1. The van der Waals surface area contributed by atoms with Gasteiger partial charge in [-0.05, 0) is 29.6 Å². The van der Waals surface area contributed by atoms with Crippen LogP contribution in [-0.2, 0) is 0 Å². The number of halogens is 2. The highest BCUT2D eigenvalue weighted by atomic mass is 79.9. The van der Waals surface area contributed by atoms with Gasteiger partial charge in [-0.1, -0.05) is 27.5 Å². The lowest BCUT2D eigenvalue weighted by atomic mass is 10.3. The van der Waals surface area contributed by atoms with Crippen LogP contribution in [0.4, 0.5) is 5.95 Å². The largest absolute Gasteiger partial charge is 0.437 e. The topological polar surface area (TPSA) is 73.1 Å². The van der Waals surface area contributed by atoms with Crippen molar-refractivity contribution in [1.82, 2.24) is 9.97 Å². The van der Waals surface area contributed by atoms with E-state index in [1.165, 1.54) is 11.3 Å². The number of nitrogens with zero attached hydrogens (tertiary/aromatic N) is 2. The normalized spacial score (nSPS) is 10.8. The standard InChI is InChI=1S/C12H8BrClN4OS/c13-6-1-2-9(8(14)5-6)19-10-7-3-4-20-11(7)17-12(16-10)18-15/h1-5H,15H2,(H,16,17,18). The van der Waals surface area contributed by atoms with E-state index in [0.717, 1.165) is 14.7 Å². The molecule has 3 aromatic rings. The summed E-state index contributed by atoms with van der Waals surface area (Å²) in [5.74, 6) is 6.59. The maximum absolute atomic E-state index is 6.14. The summed E-state index contributed by atoms with van der Waals surface area (Å²) >= 11 is 11.0. The highest BCUT2D eigenvalue weighted by Crippen LogP contribution is 2.35. The van der Waals surface area contributed by atoms with Crippen LogP contribution in [0.15, 0.2) is 34.1 Å². The van der Waals surface area contributed by atoms with Gasteiger partial charge in [0.2, 0.25) is 11.8 Å². The molecule has 0 unspecified atom stereocenters. The molecule has 0 saturated carbocycles. The molecule has 0 radical (unpaired) electrons. The van der Waals surface area contributed by atoms with Gasteiger partial charge in [-0.3, -0.25) is 5.43 Å². The zero-order valence-corrected chi connectivity index (χ0v) is 13.1. The van der Waals surface area contributed by atoms with Crippen molar-refractivity contribution in [1.29, 1.82) is 0 Å². The molecule has 102 valence electrons. The van der Waals surface area contributed by atoms with Crippen LogP contribution in [0.1, 0.15) is 0 Å². The number of anilines is 1. The lowest BCUT2D eigenvalue weighted by molar-refractivity contribution is 0.469. The monoisotopic (exact) mass is 370 g/mol. The Morgan fingerprint density at radius 1 is 1.30 bits per heavy atom. The van der Waals surface area contributed by atoms with Crippen LogP contribution in [0.5, 0.6) is 11.6 Å². The summed E-state index contributed by atoms with van der Waals surface area (Å²) in [5, 5.41) is 3.21. The fourth-order valence-corrected chi connectivity index (χ4v) is 3.10. The van der Waals surface area contributed by atoms with Gasteiger partial charge in [0.25, 0.3) is 0 Å². The van der Waals surface area contributed by atoms with Gasteiger partial charge in [-0.15, -0.1) is 11.3 Å². The summed E-state index contributed by atoms with van der Waals surface area (Å²) in [7, 11) is 0. The molecule has 3 N–H and O–H groups in total. The average molecular weight is 372 g/mol. The number of nitrogens with one attached hydrogen (secondary N) is 1. The Bertz CT molecular complexity index is 779. The summed E-state index contributed by atoms with van der Waals surface area (Å²) in [6.07, 6.45) is 0. The van der Waals surface area contributed by atoms with E-state index in [1.807, 2.05) is 17.5 Å². The van der Waals surface area contributed by atoms with E-state index in [1.54, 1.807) is 12.1 Å². The van der Waals surface area contributed by atoms with Gasteiger partial charge in [0.1, 0.15) is 10.6 Å². The Morgan fingerprint density at radius 2 is 2.15 bits per heavy atom. The van der Waals surface area contributed by atoms with E-state index in [4.69, 9.17) is 22.2 Å². The van der Waals surface area contributed by atoms with Crippen LogP contribution < -0.4 is 16.0 Å². The van der Waals surface area contributed by atoms with E-state index in [2.05, 4.69) is 31.3 Å². The first-order valence-electron chi connectivity index (χ1n) is 5.52. The van der Waals surface area contributed by atoms with Crippen LogP contribution in [0.25, 0.3) is 10.2 Å². The minimum Gasteiger partial charge on any atom is -0.437 e. The lowest BCUT2D eigenvalue weighted by Gasteiger charge is -2.09. The Kier molecular flexibility index (Phi) is 3.75. The van der Waals surface area contributed by atoms with Crippen LogP contribution in [0, 0.1) is 0 Å². The number of fused-ring (bicyclic) bond motifs is 1. The lowest BCUT2D eigenvalue weighted by Crippen LogP contribution is -2.10. The highest BCUT2D eigenvalue weighted by Gasteiger charge is 2.12. The van der Waals surface area contributed by atoms with Gasteiger partial charge in [0.05, 0.1) is 10.4 Å². The molecule has 0 spiro atoms. The molecule has 2 heterocycles. The van der Waals surface area contributed by atoms with Crippen molar-refractivity contribution in [3.63, 3.8) is 0 Å². The molecule has 0 aliphatic carbocycles. The van der Waals surface area contributed by atoms with Crippen LogP contribution in [-0.4, -0.2) is 9.97 Å². The second kappa shape index (κ2) is 5.53. The van der Waals surface area contributed by atoms with Crippen molar-refractivity contribution in [2.45, 2.75) is 0 Å². The first-order valence-corrected chi connectivity index (χ1v) is 7.57. The third-order valence-corrected chi connectivity index (χ3v) is 4.11. The second-order valence-electron chi connectivity index (χ2n) is 3.81. The smallest absolute Gasteiger partial charge is 0.241 e. The first kappa shape index (κ1) is 13.6. The van der Waals surface area contributed by atoms with Gasteiger partial charge in [0, 0.05) is 4.47 Å². The predicted molar refractivity (Wildman–Crippen MR) is 84.5 cm³/mol. The van der Waals surface area contributed by atoms with E-state index in [9.17, 15) is 0 Å². The second-order valence-corrected chi connectivity index (χ2v) is 6.03. The molecule has 2 aromatic heterocycles. The van der Waals surface area contributed by atoms with E-state index >= 15 is 0 Å². The van der Waals surface area contributed by atoms with Crippen molar-refractivity contribution in [2.24, 2.45) is 5.84 Å². The third-order valence-electron chi connectivity index (χ3n) is 2.52. The number of hydrogen-bond donors (Lipinski definition) is 2. The van der Waals surface area contributed by atoms with Gasteiger partial charge < -0.3 is 4.74 Å². The summed E-state index contributed by atoms with van der Waals surface area (Å²) in [6.45, 7) is 0. The van der Waals surface area contributed by atoms with Crippen molar-refractivity contribution >= 4 is 55.0 Å². The molecule has 0 aliphatic rings. The molecule has 20 heavy (non-hydrogen) atoms. The summed E-state index contributed by atoms with van der Waals surface area (Å²) in [6, 6.07) is 7.25. The minimum absolute atomic E-state index is 0.295. The van der Waals surface area contributed by atoms with Gasteiger partial charge >= 0.3 is 0 Å². The predicted octanol–water partition coefficient (Wildman–Crippen LogP) is 4.19. The van der Waals surface area contributed by atoms with Gasteiger partial charge in [-0.2, -0.15) is 4.98 Å². The molecule has 0 fully saturated rings.